The van der Waals surface area contributed by atoms with Crippen molar-refractivity contribution in [1.82, 2.24) is 9.97 Å². The van der Waals surface area contributed by atoms with Crippen molar-refractivity contribution < 1.29 is 4.74 Å². The molecule has 1 N–H and O–H groups in total. The van der Waals surface area contributed by atoms with Gasteiger partial charge in [0.15, 0.2) is 0 Å². The molecular formula is C22H16N4O. The average molecular weight is 352 g/mol. The first-order chi connectivity index (χ1) is 13.2. The van der Waals surface area contributed by atoms with Gasteiger partial charge in [-0.15, -0.1) is 0 Å². The van der Waals surface area contributed by atoms with Crippen LogP contribution in [-0.4, -0.2) is 9.97 Å². The number of nitriles is 1. The zero-order chi connectivity index (χ0) is 18.6. The number of nitrogens with zero attached hydrogens (tertiary/aromatic N) is 3. The molecule has 0 aliphatic carbocycles. The van der Waals surface area contributed by atoms with Crippen LogP contribution in [0.15, 0.2) is 72.9 Å². The number of hydrogen-bond donors (Lipinski definition) is 1. The number of rotatable bonds is 4. The third kappa shape index (κ3) is 3.70. The van der Waals surface area contributed by atoms with Crippen LogP contribution in [-0.2, 0) is 0 Å². The summed E-state index contributed by atoms with van der Waals surface area (Å²) in [5.41, 5.74) is 2.24. The maximum atomic E-state index is 8.88. The van der Waals surface area contributed by atoms with E-state index >= 15 is 0 Å². The molecule has 0 spiro atoms. The van der Waals surface area contributed by atoms with Crippen molar-refractivity contribution in [3.8, 4) is 17.7 Å². The first kappa shape index (κ1) is 16.6. The zero-order valence-corrected chi connectivity index (χ0v) is 14.7. The number of nitrogens with one attached hydrogen (secondary N) is 1. The smallest absolute Gasteiger partial charge is 0.230 e. The highest BCUT2D eigenvalue weighted by Crippen LogP contribution is 2.27. The molecular weight excluding hydrogens is 336 g/mol. The maximum Gasteiger partial charge on any atom is 0.230 e. The third-order valence-corrected chi connectivity index (χ3v) is 4.13. The number of benzene rings is 3. The minimum Gasteiger partial charge on any atom is -0.439 e. The summed E-state index contributed by atoms with van der Waals surface area (Å²) in [5, 5.41) is 14.3. The van der Waals surface area contributed by atoms with Crippen molar-refractivity contribution in [2.45, 2.75) is 6.92 Å². The van der Waals surface area contributed by atoms with Crippen LogP contribution >= 0.6 is 0 Å². The van der Waals surface area contributed by atoms with Gasteiger partial charge in [0.25, 0.3) is 0 Å². The Kier molecular flexibility index (Phi) is 4.38. The summed E-state index contributed by atoms with van der Waals surface area (Å²) in [6, 6.07) is 23.3. The molecule has 0 aliphatic heterocycles. The van der Waals surface area contributed by atoms with Gasteiger partial charge in [-0.2, -0.15) is 10.2 Å². The molecule has 0 aliphatic rings. The molecule has 3 aromatic carbocycles. The van der Waals surface area contributed by atoms with Crippen LogP contribution in [0.3, 0.4) is 0 Å². The molecule has 4 aromatic rings. The van der Waals surface area contributed by atoms with Gasteiger partial charge >= 0.3 is 0 Å². The Labute approximate surface area is 156 Å². The van der Waals surface area contributed by atoms with E-state index in [1.54, 1.807) is 18.3 Å². The summed E-state index contributed by atoms with van der Waals surface area (Å²) in [6.45, 7) is 1.90. The lowest BCUT2D eigenvalue weighted by atomic mass is 10.1. The van der Waals surface area contributed by atoms with Gasteiger partial charge in [-0.1, -0.05) is 30.3 Å². The zero-order valence-electron chi connectivity index (χ0n) is 14.7. The number of aromatic nitrogens is 2. The Morgan fingerprint density at radius 3 is 2.52 bits per heavy atom. The second-order valence-electron chi connectivity index (χ2n) is 6.11. The normalized spacial score (nSPS) is 10.4. The minimum absolute atomic E-state index is 0.432. The van der Waals surface area contributed by atoms with Gasteiger partial charge in [-0.3, -0.25) is 0 Å². The lowest BCUT2D eigenvalue weighted by Gasteiger charge is -2.11. The molecule has 5 heteroatoms. The van der Waals surface area contributed by atoms with Gasteiger partial charge in [0.2, 0.25) is 11.8 Å². The fourth-order valence-electron chi connectivity index (χ4n) is 2.69. The van der Waals surface area contributed by atoms with E-state index in [0.717, 1.165) is 27.8 Å². The van der Waals surface area contributed by atoms with Crippen LogP contribution < -0.4 is 10.1 Å². The predicted octanol–water partition coefficient (Wildman–Crippen LogP) is 5.35. The third-order valence-electron chi connectivity index (χ3n) is 4.13. The molecule has 4 rings (SSSR count). The van der Waals surface area contributed by atoms with Gasteiger partial charge in [-0.05, 0) is 54.1 Å². The second kappa shape index (κ2) is 7.14. The highest BCUT2D eigenvalue weighted by Gasteiger charge is 2.08. The Hall–Kier alpha value is -3.91. The first-order valence-corrected chi connectivity index (χ1v) is 8.49. The Balaban J connectivity index is 1.58. The molecule has 1 heterocycles. The lowest BCUT2D eigenvalue weighted by Crippen LogP contribution is -2.00. The molecule has 1 aromatic heterocycles. The van der Waals surface area contributed by atoms with Crippen molar-refractivity contribution in [2.24, 2.45) is 0 Å². The molecule has 130 valence electrons. The van der Waals surface area contributed by atoms with E-state index < -0.39 is 0 Å². The number of fused-ring (bicyclic) bond motifs is 1. The van der Waals surface area contributed by atoms with E-state index in [0.29, 0.717) is 17.4 Å². The lowest BCUT2D eigenvalue weighted by molar-refractivity contribution is 0.459. The average Bonchev–Trinajstić information content (AvgIpc) is 2.71. The highest BCUT2D eigenvalue weighted by atomic mass is 16.5. The molecule has 0 bridgehead atoms. The van der Waals surface area contributed by atoms with Crippen LogP contribution in [0.25, 0.3) is 10.8 Å². The Morgan fingerprint density at radius 1 is 0.963 bits per heavy atom. The van der Waals surface area contributed by atoms with Crippen molar-refractivity contribution in [2.75, 3.05) is 5.32 Å². The van der Waals surface area contributed by atoms with Crippen LogP contribution in [0.5, 0.6) is 11.6 Å². The molecule has 27 heavy (non-hydrogen) atoms. The van der Waals surface area contributed by atoms with E-state index in [1.165, 1.54) is 0 Å². The van der Waals surface area contributed by atoms with Crippen LogP contribution in [0.4, 0.5) is 11.6 Å². The summed E-state index contributed by atoms with van der Waals surface area (Å²) < 4.78 is 6.00. The van der Waals surface area contributed by atoms with Gasteiger partial charge in [0.05, 0.1) is 11.6 Å². The predicted molar refractivity (Wildman–Crippen MR) is 105 cm³/mol. The van der Waals surface area contributed by atoms with Crippen molar-refractivity contribution in [3.63, 3.8) is 0 Å². The van der Waals surface area contributed by atoms with Crippen LogP contribution in [0.1, 0.15) is 11.1 Å². The fourth-order valence-corrected chi connectivity index (χ4v) is 2.69. The molecule has 0 fully saturated rings. The topological polar surface area (TPSA) is 70.8 Å². The van der Waals surface area contributed by atoms with E-state index in [4.69, 9.17) is 10.00 Å². The minimum atomic E-state index is 0.432. The standard InChI is InChI=1S/C22H16N4O/c1-15-14-24-22(25-19-9-6-16(13-23)7-10-19)26-21(15)27-20-11-8-17-4-2-3-5-18(17)12-20/h2-12,14H,1H3,(H,24,25,26). The molecule has 0 radical (unpaired) electrons. The number of ether oxygens (including phenoxy) is 1. The van der Waals surface area contributed by atoms with Crippen LogP contribution in [0, 0.1) is 18.3 Å². The summed E-state index contributed by atoms with van der Waals surface area (Å²) in [6.07, 6.45) is 1.72. The van der Waals surface area contributed by atoms with Crippen molar-refractivity contribution in [3.05, 3.63) is 84.1 Å². The van der Waals surface area contributed by atoms with Gasteiger partial charge in [-0.25, -0.2) is 4.98 Å². The number of anilines is 2. The summed E-state index contributed by atoms with van der Waals surface area (Å²) >= 11 is 0. The van der Waals surface area contributed by atoms with E-state index in [-0.39, 0.29) is 0 Å². The first-order valence-electron chi connectivity index (χ1n) is 8.49. The van der Waals surface area contributed by atoms with Crippen molar-refractivity contribution >= 4 is 22.4 Å². The number of aryl methyl sites for hydroxylation is 1. The molecule has 0 atom stereocenters. The summed E-state index contributed by atoms with van der Waals surface area (Å²) in [5.74, 6) is 1.65. The van der Waals surface area contributed by atoms with Crippen molar-refractivity contribution in [1.29, 1.82) is 5.26 Å². The molecule has 0 unspecified atom stereocenters. The van der Waals surface area contributed by atoms with E-state index in [2.05, 4.69) is 27.4 Å². The Morgan fingerprint density at radius 2 is 1.74 bits per heavy atom. The fraction of sp³-hybridized carbons (Fsp3) is 0.0455. The molecule has 0 saturated carbocycles. The van der Waals surface area contributed by atoms with Gasteiger partial charge in [0, 0.05) is 17.4 Å². The molecule has 0 amide bonds. The molecule has 0 saturated heterocycles. The summed E-state index contributed by atoms with van der Waals surface area (Å²) in [4.78, 5) is 8.78. The maximum absolute atomic E-state index is 8.88. The second-order valence-corrected chi connectivity index (χ2v) is 6.11. The van der Waals surface area contributed by atoms with Crippen LogP contribution in [0.2, 0.25) is 0 Å². The highest BCUT2D eigenvalue weighted by molar-refractivity contribution is 5.83. The van der Waals surface area contributed by atoms with E-state index in [9.17, 15) is 0 Å². The Bertz CT molecular complexity index is 1150. The quantitative estimate of drug-likeness (QED) is 0.536. The SMILES string of the molecule is Cc1cnc(Nc2ccc(C#N)cc2)nc1Oc1ccc2ccccc2c1. The van der Waals surface area contributed by atoms with Gasteiger partial charge < -0.3 is 10.1 Å². The van der Waals surface area contributed by atoms with Gasteiger partial charge in [0.1, 0.15) is 5.75 Å². The monoisotopic (exact) mass is 352 g/mol. The number of hydrogen-bond acceptors (Lipinski definition) is 5. The molecule has 5 nitrogen and oxygen atoms in total. The summed E-state index contributed by atoms with van der Waals surface area (Å²) in [7, 11) is 0. The van der Waals surface area contributed by atoms with E-state index in [1.807, 2.05) is 55.5 Å². The largest absolute Gasteiger partial charge is 0.439 e.